The molecule has 1 fully saturated rings. The van der Waals surface area contributed by atoms with Crippen molar-refractivity contribution >= 4 is 17.2 Å². The SMILES string of the molecule is O=Cc1cccc2[nH]c(C3CC3)cc12. The Labute approximate surface area is 81.9 Å². The fraction of sp³-hybridized carbons (Fsp3) is 0.250. The van der Waals surface area contributed by atoms with E-state index in [0.29, 0.717) is 5.92 Å². The second-order valence-electron chi connectivity index (χ2n) is 3.93. The van der Waals surface area contributed by atoms with Crippen LogP contribution in [-0.4, -0.2) is 11.3 Å². The highest BCUT2D eigenvalue weighted by atomic mass is 16.1. The molecule has 1 aromatic heterocycles. The predicted molar refractivity (Wildman–Crippen MR) is 55.7 cm³/mol. The molecule has 0 saturated heterocycles. The summed E-state index contributed by atoms with van der Waals surface area (Å²) >= 11 is 0. The third kappa shape index (κ3) is 1.07. The highest BCUT2D eigenvalue weighted by molar-refractivity contribution is 5.97. The number of hydrogen-bond acceptors (Lipinski definition) is 1. The molecular weight excluding hydrogens is 174 g/mol. The Bertz CT molecular complexity index is 494. The smallest absolute Gasteiger partial charge is 0.150 e. The van der Waals surface area contributed by atoms with E-state index >= 15 is 0 Å². The summed E-state index contributed by atoms with van der Waals surface area (Å²) in [5.41, 5.74) is 3.15. The molecule has 0 amide bonds. The second-order valence-corrected chi connectivity index (χ2v) is 3.93. The maximum atomic E-state index is 10.8. The lowest BCUT2D eigenvalue weighted by Crippen LogP contribution is -1.78. The lowest BCUT2D eigenvalue weighted by Gasteiger charge is -1.91. The molecular formula is C12H11NO. The van der Waals surface area contributed by atoms with Gasteiger partial charge in [-0.05, 0) is 30.9 Å². The van der Waals surface area contributed by atoms with Crippen LogP contribution in [0.3, 0.4) is 0 Å². The van der Waals surface area contributed by atoms with Crippen LogP contribution in [0.25, 0.3) is 10.9 Å². The first-order valence-corrected chi connectivity index (χ1v) is 4.95. The van der Waals surface area contributed by atoms with Crippen LogP contribution in [0, 0.1) is 0 Å². The second kappa shape index (κ2) is 2.71. The van der Waals surface area contributed by atoms with Gasteiger partial charge in [0.1, 0.15) is 0 Å². The van der Waals surface area contributed by atoms with Crippen molar-refractivity contribution in [2.45, 2.75) is 18.8 Å². The quantitative estimate of drug-likeness (QED) is 0.717. The summed E-state index contributed by atoms with van der Waals surface area (Å²) in [6, 6.07) is 7.92. The lowest BCUT2D eigenvalue weighted by atomic mass is 10.1. The van der Waals surface area contributed by atoms with Crippen molar-refractivity contribution in [3.8, 4) is 0 Å². The van der Waals surface area contributed by atoms with Crippen LogP contribution in [0.15, 0.2) is 24.3 Å². The van der Waals surface area contributed by atoms with E-state index in [-0.39, 0.29) is 0 Å². The van der Waals surface area contributed by atoms with E-state index in [4.69, 9.17) is 0 Å². The minimum absolute atomic E-state index is 0.710. The number of rotatable bonds is 2. The Morgan fingerprint density at radius 3 is 2.93 bits per heavy atom. The number of benzene rings is 1. The van der Waals surface area contributed by atoms with Crippen molar-refractivity contribution in [3.63, 3.8) is 0 Å². The van der Waals surface area contributed by atoms with Gasteiger partial charge >= 0.3 is 0 Å². The number of hydrogen-bond donors (Lipinski definition) is 1. The third-order valence-corrected chi connectivity index (χ3v) is 2.86. The van der Waals surface area contributed by atoms with Crippen LogP contribution in [0.2, 0.25) is 0 Å². The van der Waals surface area contributed by atoms with E-state index < -0.39 is 0 Å². The van der Waals surface area contributed by atoms with Gasteiger partial charge in [0, 0.05) is 22.2 Å². The fourth-order valence-corrected chi connectivity index (χ4v) is 1.92. The first-order chi connectivity index (χ1) is 6.88. The molecule has 0 spiro atoms. The number of aldehydes is 1. The Balaban J connectivity index is 2.25. The maximum absolute atomic E-state index is 10.8. The van der Waals surface area contributed by atoms with E-state index in [9.17, 15) is 4.79 Å². The highest BCUT2D eigenvalue weighted by Gasteiger charge is 2.25. The van der Waals surface area contributed by atoms with Crippen LogP contribution in [0.4, 0.5) is 0 Å². The molecule has 2 aromatic rings. The lowest BCUT2D eigenvalue weighted by molar-refractivity contribution is 0.112. The Hall–Kier alpha value is -1.57. The molecule has 2 heteroatoms. The average molecular weight is 185 g/mol. The van der Waals surface area contributed by atoms with E-state index in [1.54, 1.807) is 0 Å². The van der Waals surface area contributed by atoms with Gasteiger partial charge in [-0.15, -0.1) is 0 Å². The number of carbonyl (C=O) groups excluding carboxylic acids is 1. The fourth-order valence-electron chi connectivity index (χ4n) is 1.92. The van der Waals surface area contributed by atoms with Crippen LogP contribution in [0.1, 0.15) is 34.8 Å². The standard InChI is InChI=1S/C12H11NO/c14-7-9-2-1-3-11-10(9)6-12(13-11)8-4-5-8/h1-3,6-8,13H,4-5H2. The molecule has 0 atom stereocenters. The largest absolute Gasteiger partial charge is 0.358 e. The van der Waals surface area contributed by atoms with Gasteiger partial charge in [-0.2, -0.15) is 0 Å². The van der Waals surface area contributed by atoms with Gasteiger partial charge in [-0.25, -0.2) is 0 Å². The maximum Gasteiger partial charge on any atom is 0.150 e. The molecule has 1 N–H and O–H groups in total. The summed E-state index contributed by atoms with van der Waals surface area (Å²) in [7, 11) is 0. The Morgan fingerprint density at radius 1 is 1.36 bits per heavy atom. The summed E-state index contributed by atoms with van der Waals surface area (Å²) in [5.74, 6) is 0.710. The molecule has 0 radical (unpaired) electrons. The molecule has 70 valence electrons. The Morgan fingerprint density at radius 2 is 2.21 bits per heavy atom. The van der Waals surface area contributed by atoms with Gasteiger partial charge in [0.05, 0.1) is 0 Å². The minimum Gasteiger partial charge on any atom is -0.358 e. The first-order valence-electron chi connectivity index (χ1n) is 4.95. The summed E-state index contributed by atoms with van der Waals surface area (Å²) in [6.07, 6.45) is 3.49. The van der Waals surface area contributed by atoms with Crippen LogP contribution in [-0.2, 0) is 0 Å². The van der Waals surface area contributed by atoms with Gasteiger partial charge in [0.25, 0.3) is 0 Å². The van der Waals surface area contributed by atoms with Crippen molar-refractivity contribution in [1.82, 2.24) is 4.98 Å². The topological polar surface area (TPSA) is 32.9 Å². The van der Waals surface area contributed by atoms with Gasteiger partial charge in [0.15, 0.2) is 6.29 Å². The molecule has 14 heavy (non-hydrogen) atoms. The van der Waals surface area contributed by atoms with E-state index in [1.165, 1.54) is 18.5 Å². The van der Waals surface area contributed by atoms with Gasteiger partial charge in [-0.3, -0.25) is 4.79 Å². The van der Waals surface area contributed by atoms with Crippen molar-refractivity contribution in [1.29, 1.82) is 0 Å². The Kier molecular flexibility index (Phi) is 1.51. The molecule has 0 unspecified atom stereocenters. The number of fused-ring (bicyclic) bond motifs is 1. The normalized spacial score (nSPS) is 16.0. The van der Waals surface area contributed by atoms with Gasteiger partial charge in [-0.1, -0.05) is 12.1 Å². The van der Waals surface area contributed by atoms with E-state index in [0.717, 1.165) is 22.8 Å². The summed E-state index contributed by atoms with van der Waals surface area (Å²) in [6.45, 7) is 0. The van der Waals surface area contributed by atoms with Crippen molar-refractivity contribution in [2.24, 2.45) is 0 Å². The van der Waals surface area contributed by atoms with Crippen LogP contribution < -0.4 is 0 Å². The monoisotopic (exact) mass is 185 g/mol. The number of aromatic amines is 1. The average Bonchev–Trinajstić information content (AvgIpc) is 2.97. The molecule has 1 aliphatic rings. The summed E-state index contributed by atoms with van der Waals surface area (Å²) in [5, 5.41) is 1.06. The molecule has 0 bridgehead atoms. The molecule has 1 saturated carbocycles. The number of carbonyl (C=O) groups is 1. The number of aromatic nitrogens is 1. The molecule has 1 aliphatic carbocycles. The van der Waals surface area contributed by atoms with Crippen LogP contribution >= 0.6 is 0 Å². The van der Waals surface area contributed by atoms with E-state index in [1.807, 2.05) is 18.2 Å². The zero-order chi connectivity index (χ0) is 9.54. The molecule has 1 heterocycles. The molecule has 1 aromatic carbocycles. The highest BCUT2D eigenvalue weighted by Crippen LogP contribution is 2.40. The number of nitrogens with one attached hydrogen (secondary N) is 1. The van der Waals surface area contributed by atoms with Crippen molar-refractivity contribution in [3.05, 3.63) is 35.5 Å². The van der Waals surface area contributed by atoms with Crippen molar-refractivity contribution < 1.29 is 4.79 Å². The molecule has 3 rings (SSSR count). The van der Waals surface area contributed by atoms with Gasteiger partial charge < -0.3 is 4.98 Å². The predicted octanol–water partition coefficient (Wildman–Crippen LogP) is 2.86. The molecule has 2 nitrogen and oxygen atoms in total. The number of H-pyrrole nitrogens is 1. The van der Waals surface area contributed by atoms with E-state index in [2.05, 4.69) is 11.1 Å². The minimum atomic E-state index is 0.710. The molecule has 0 aliphatic heterocycles. The zero-order valence-corrected chi connectivity index (χ0v) is 7.79. The first kappa shape index (κ1) is 7.80. The van der Waals surface area contributed by atoms with Crippen molar-refractivity contribution in [2.75, 3.05) is 0 Å². The zero-order valence-electron chi connectivity index (χ0n) is 7.79. The third-order valence-electron chi connectivity index (χ3n) is 2.86. The summed E-state index contributed by atoms with van der Waals surface area (Å²) in [4.78, 5) is 14.2. The van der Waals surface area contributed by atoms with Gasteiger partial charge in [0.2, 0.25) is 0 Å². The summed E-state index contributed by atoms with van der Waals surface area (Å²) < 4.78 is 0. The van der Waals surface area contributed by atoms with Crippen LogP contribution in [0.5, 0.6) is 0 Å².